The van der Waals surface area contributed by atoms with Crippen molar-refractivity contribution in [2.24, 2.45) is 0 Å². The summed E-state index contributed by atoms with van der Waals surface area (Å²) in [5.41, 5.74) is -0.363. The van der Waals surface area contributed by atoms with E-state index in [1.807, 2.05) is 71.0 Å². The molecule has 2 atom stereocenters. The van der Waals surface area contributed by atoms with E-state index in [1.165, 1.54) is 0 Å². The summed E-state index contributed by atoms with van der Waals surface area (Å²) in [5.74, 6) is -0.0577. The lowest BCUT2D eigenvalue weighted by Gasteiger charge is -2.38. The van der Waals surface area contributed by atoms with Crippen LogP contribution in [0.15, 0.2) is 42.5 Å². The van der Waals surface area contributed by atoms with Crippen molar-refractivity contribution >= 4 is 12.0 Å². The van der Waals surface area contributed by atoms with Crippen molar-refractivity contribution in [2.75, 3.05) is 6.61 Å². The van der Waals surface area contributed by atoms with E-state index in [9.17, 15) is 9.59 Å². The van der Waals surface area contributed by atoms with E-state index in [-0.39, 0.29) is 18.0 Å². The molecule has 0 saturated carbocycles. The Morgan fingerprint density at radius 2 is 1.93 bits per heavy atom. The van der Waals surface area contributed by atoms with Gasteiger partial charge in [-0.25, -0.2) is 4.79 Å². The van der Waals surface area contributed by atoms with Gasteiger partial charge in [-0.15, -0.1) is 0 Å². The highest BCUT2D eigenvalue weighted by atomic mass is 16.6. The molecule has 0 N–H and O–H groups in total. The maximum absolute atomic E-state index is 12.9. The Hall–Kier alpha value is -2.34. The lowest BCUT2D eigenvalue weighted by Crippen LogP contribution is -2.56. The van der Waals surface area contributed by atoms with Crippen LogP contribution in [0.4, 0.5) is 4.79 Å². The predicted octanol–water partition coefficient (Wildman–Crippen LogP) is 3.33. The van der Waals surface area contributed by atoms with Crippen LogP contribution in [0.5, 0.6) is 0 Å². The lowest BCUT2D eigenvalue weighted by atomic mass is 10.1. The van der Waals surface area contributed by atoms with Gasteiger partial charge in [0, 0.05) is 12.6 Å². The Morgan fingerprint density at radius 3 is 2.56 bits per heavy atom. The van der Waals surface area contributed by atoms with Gasteiger partial charge in [-0.05, 0) is 40.2 Å². The molecule has 6 heteroatoms. The van der Waals surface area contributed by atoms with E-state index < -0.39 is 17.4 Å². The number of rotatable bonds is 3. The first-order valence-electron chi connectivity index (χ1n) is 9.27. The molecule has 146 valence electrons. The van der Waals surface area contributed by atoms with Gasteiger partial charge in [0.05, 0.1) is 18.7 Å². The molecular weight excluding hydrogens is 344 g/mol. The third-order valence-electron chi connectivity index (χ3n) is 4.78. The molecule has 6 nitrogen and oxygen atoms in total. The Bertz CT molecular complexity index is 736. The number of ether oxygens (including phenoxy) is 2. The van der Waals surface area contributed by atoms with Gasteiger partial charge < -0.3 is 14.4 Å². The van der Waals surface area contributed by atoms with Crippen LogP contribution in [0.1, 0.15) is 40.2 Å². The van der Waals surface area contributed by atoms with Crippen molar-refractivity contribution in [3.05, 3.63) is 48.0 Å². The maximum Gasteiger partial charge on any atom is 0.412 e. The zero-order valence-corrected chi connectivity index (χ0v) is 16.6. The molecule has 2 heterocycles. The van der Waals surface area contributed by atoms with Crippen LogP contribution in [0.3, 0.4) is 0 Å². The third-order valence-corrected chi connectivity index (χ3v) is 4.78. The molecule has 1 fully saturated rings. The van der Waals surface area contributed by atoms with Crippen molar-refractivity contribution in [3.8, 4) is 0 Å². The summed E-state index contributed by atoms with van der Waals surface area (Å²) in [6.07, 6.45) is 3.01. The Balaban J connectivity index is 1.84. The van der Waals surface area contributed by atoms with Crippen molar-refractivity contribution in [1.29, 1.82) is 0 Å². The number of hydrogen-bond acceptors (Lipinski definition) is 4. The highest BCUT2D eigenvalue weighted by molar-refractivity contribution is 5.91. The van der Waals surface area contributed by atoms with E-state index in [0.29, 0.717) is 13.2 Å². The van der Waals surface area contributed by atoms with Crippen LogP contribution in [-0.2, 0) is 20.8 Å². The van der Waals surface area contributed by atoms with E-state index >= 15 is 0 Å². The van der Waals surface area contributed by atoms with Gasteiger partial charge in [-0.1, -0.05) is 36.4 Å². The normalized spacial score (nSPS) is 24.6. The minimum atomic E-state index is -0.801. The summed E-state index contributed by atoms with van der Waals surface area (Å²) >= 11 is 0. The van der Waals surface area contributed by atoms with Gasteiger partial charge in [-0.2, -0.15) is 0 Å². The molecule has 1 aromatic rings. The fourth-order valence-corrected chi connectivity index (χ4v) is 3.58. The SMILES string of the molecule is CC(C)(C)OC(=O)N1[C@H]([C@@H]2C=CC(=O)N2Cc2ccccc2)COC1(C)C. The number of carbonyl (C=O) groups is 2. The quantitative estimate of drug-likeness (QED) is 0.817. The van der Waals surface area contributed by atoms with Crippen LogP contribution in [-0.4, -0.2) is 51.8 Å². The average molecular weight is 372 g/mol. The Morgan fingerprint density at radius 1 is 1.26 bits per heavy atom. The molecule has 0 bridgehead atoms. The van der Waals surface area contributed by atoms with Crippen molar-refractivity contribution in [3.63, 3.8) is 0 Å². The molecule has 27 heavy (non-hydrogen) atoms. The number of hydrogen-bond donors (Lipinski definition) is 0. The molecule has 3 rings (SSSR count). The molecule has 2 aliphatic rings. The van der Waals surface area contributed by atoms with Crippen LogP contribution < -0.4 is 0 Å². The third kappa shape index (κ3) is 4.16. The first-order chi connectivity index (χ1) is 12.6. The first kappa shape index (κ1) is 19.4. The zero-order chi connectivity index (χ0) is 19.8. The standard InChI is InChI=1S/C21H28N2O4/c1-20(2,3)27-19(25)23-17(14-26-21(23,4)5)16-11-12-18(24)22(16)13-15-9-7-6-8-10-15/h6-12,16-17H,13-14H2,1-5H3/t16-,17-/m0/s1. The molecule has 0 aromatic heterocycles. The molecular formula is C21H28N2O4. The molecule has 2 amide bonds. The number of benzene rings is 1. The molecule has 1 saturated heterocycles. The summed E-state index contributed by atoms with van der Waals surface area (Å²) in [4.78, 5) is 28.8. The van der Waals surface area contributed by atoms with Gasteiger partial charge >= 0.3 is 6.09 Å². The van der Waals surface area contributed by atoms with E-state index in [2.05, 4.69) is 0 Å². The Labute approximate surface area is 160 Å². The minimum Gasteiger partial charge on any atom is -0.444 e. The average Bonchev–Trinajstić information content (AvgIpc) is 3.06. The monoisotopic (exact) mass is 372 g/mol. The minimum absolute atomic E-state index is 0.0577. The van der Waals surface area contributed by atoms with Gasteiger partial charge in [0.25, 0.3) is 0 Å². The summed E-state index contributed by atoms with van der Waals surface area (Å²) in [6, 6.07) is 9.27. The van der Waals surface area contributed by atoms with Crippen molar-refractivity contribution in [2.45, 2.75) is 64.6 Å². The van der Waals surface area contributed by atoms with Crippen molar-refractivity contribution < 1.29 is 19.1 Å². The predicted molar refractivity (Wildman–Crippen MR) is 102 cm³/mol. The molecule has 0 radical (unpaired) electrons. The van der Waals surface area contributed by atoms with Crippen LogP contribution >= 0.6 is 0 Å². The first-order valence-corrected chi connectivity index (χ1v) is 9.27. The number of nitrogens with zero attached hydrogens (tertiary/aromatic N) is 2. The topological polar surface area (TPSA) is 59.1 Å². The lowest BCUT2D eigenvalue weighted by molar-refractivity contribution is -0.127. The largest absolute Gasteiger partial charge is 0.444 e. The van der Waals surface area contributed by atoms with Gasteiger partial charge in [0.15, 0.2) is 0 Å². The summed E-state index contributed by atoms with van der Waals surface area (Å²) < 4.78 is 11.5. The summed E-state index contributed by atoms with van der Waals surface area (Å²) in [7, 11) is 0. The summed E-state index contributed by atoms with van der Waals surface area (Å²) in [6.45, 7) is 10.0. The second-order valence-corrected chi connectivity index (χ2v) is 8.48. The maximum atomic E-state index is 12.9. The zero-order valence-electron chi connectivity index (χ0n) is 16.6. The van der Waals surface area contributed by atoms with Gasteiger partial charge in [-0.3, -0.25) is 9.69 Å². The van der Waals surface area contributed by atoms with Gasteiger partial charge in [0.2, 0.25) is 5.91 Å². The highest BCUT2D eigenvalue weighted by Gasteiger charge is 2.50. The molecule has 1 aromatic carbocycles. The van der Waals surface area contributed by atoms with Gasteiger partial charge in [0.1, 0.15) is 11.3 Å². The van der Waals surface area contributed by atoms with Crippen molar-refractivity contribution in [1.82, 2.24) is 9.80 Å². The number of amides is 2. The van der Waals surface area contributed by atoms with Crippen LogP contribution in [0.25, 0.3) is 0 Å². The second kappa shape index (κ2) is 7.00. The molecule has 0 aliphatic carbocycles. The van der Waals surface area contributed by atoms with Crippen LogP contribution in [0.2, 0.25) is 0 Å². The highest BCUT2D eigenvalue weighted by Crippen LogP contribution is 2.34. The van der Waals surface area contributed by atoms with Crippen LogP contribution in [0, 0.1) is 0 Å². The second-order valence-electron chi connectivity index (χ2n) is 8.48. The summed E-state index contributed by atoms with van der Waals surface area (Å²) in [5, 5.41) is 0. The molecule has 0 unspecified atom stereocenters. The smallest absolute Gasteiger partial charge is 0.412 e. The number of carbonyl (C=O) groups excluding carboxylic acids is 2. The Kier molecular flexibility index (Phi) is 5.04. The van der Waals surface area contributed by atoms with E-state index in [0.717, 1.165) is 5.56 Å². The molecule has 0 spiro atoms. The van der Waals surface area contributed by atoms with E-state index in [4.69, 9.17) is 9.47 Å². The fraction of sp³-hybridized carbons (Fsp3) is 0.524. The fourth-order valence-electron chi connectivity index (χ4n) is 3.58. The molecule has 2 aliphatic heterocycles. The van der Waals surface area contributed by atoms with E-state index in [1.54, 1.807) is 15.9 Å².